The third kappa shape index (κ3) is 8.41. The van der Waals surface area contributed by atoms with Crippen molar-refractivity contribution in [2.24, 2.45) is 0 Å². The molecule has 30 heavy (non-hydrogen) atoms. The average Bonchev–Trinajstić information content (AvgIpc) is 2.97. The van der Waals surface area contributed by atoms with E-state index in [1.165, 1.54) is 18.6 Å². The number of halogens is 1. The minimum Gasteiger partial charge on any atom is -0.501 e. The van der Waals surface area contributed by atoms with E-state index in [0.717, 1.165) is 42.5 Å². The van der Waals surface area contributed by atoms with Crippen molar-refractivity contribution < 1.29 is 14.6 Å². The van der Waals surface area contributed by atoms with Crippen molar-refractivity contribution in [1.29, 1.82) is 0 Å². The number of benzene rings is 2. The van der Waals surface area contributed by atoms with E-state index in [0.29, 0.717) is 0 Å². The summed E-state index contributed by atoms with van der Waals surface area (Å²) in [7, 11) is 2.62. The summed E-state index contributed by atoms with van der Waals surface area (Å²) in [5, 5.41) is 19.3. The molecule has 5 heteroatoms. The molecule has 3 nitrogen and oxygen atoms in total. The minimum atomic E-state index is -0.305. The lowest BCUT2D eigenvalue weighted by atomic mass is 10.1. The van der Waals surface area contributed by atoms with Gasteiger partial charge in [-0.25, -0.2) is 4.39 Å². The van der Waals surface area contributed by atoms with Gasteiger partial charge in [0, 0.05) is 25.2 Å². The van der Waals surface area contributed by atoms with Gasteiger partial charge in [-0.1, -0.05) is 49.3 Å². The predicted octanol–water partition coefficient (Wildman–Crippen LogP) is 5.06. The molecular formula is C25H29FNO2P. The number of nitrogens with zero attached hydrogens (tertiary/aromatic N) is 1. The maximum atomic E-state index is 12.5. The van der Waals surface area contributed by atoms with Crippen LogP contribution in [0.3, 0.4) is 0 Å². The van der Waals surface area contributed by atoms with Gasteiger partial charge in [-0.05, 0) is 60.0 Å². The topological polar surface area (TPSA) is 43.7 Å². The molecule has 2 unspecified atom stereocenters. The largest absolute Gasteiger partial charge is 0.501 e. The van der Waals surface area contributed by atoms with Gasteiger partial charge >= 0.3 is 0 Å². The molecule has 2 atom stereocenters. The molecule has 0 amide bonds. The van der Waals surface area contributed by atoms with E-state index in [2.05, 4.69) is 26.0 Å². The van der Waals surface area contributed by atoms with Crippen molar-refractivity contribution in [3.8, 4) is 11.8 Å². The number of aliphatic hydroxyl groups excluding tert-OH is 2. The van der Waals surface area contributed by atoms with Gasteiger partial charge in [0.15, 0.2) is 5.76 Å². The highest BCUT2D eigenvalue weighted by atomic mass is 31.0. The van der Waals surface area contributed by atoms with Crippen molar-refractivity contribution >= 4 is 20.2 Å². The van der Waals surface area contributed by atoms with Crippen molar-refractivity contribution in [2.45, 2.75) is 32.3 Å². The molecule has 0 bridgehead atoms. The van der Waals surface area contributed by atoms with Crippen LogP contribution in [0.2, 0.25) is 0 Å². The molecule has 0 radical (unpaired) electrons. The lowest BCUT2D eigenvalue weighted by Crippen LogP contribution is -2.36. The molecule has 158 valence electrons. The lowest BCUT2D eigenvalue weighted by Gasteiger charge is -2.33. The van der Waals surface area contributed by atoms with Gasteiger partial charge in [-0.3, -0.25) is 0 Å². The zero-order valence-electron chi connectivity index (χ0n) is 17.3. The number of hydrogen-bond acceptors (Lipinski definition) is 3. The van der Waals surface area contributed by atoms with E-state index in [1.54, 1.807) is 12.2 Å². The first-order valence-corrected chi connectivity index (χ1v) is 10.7. The SMILES string of the molecule is CCC(O)c1ccc(P)cc1.Fc1ccc(N2CCC2)cc1.OC1=CC=CCC#C1. The summed E-state index contributed by atoms with van der Waals surface area (Å²) in [6.07, 6.45) is 7.73. The maximum Gasteiger partial charge on any atom is 0.167 e. The van der Waals surface area contributed by atoms with E-state index in [4.69, 9.17) is 5.11 Å². The highest BCUT2D eigenvalue weighted by Gasteiger charge is 2.13. The molecule has 0 spiro atoms. The van der Waals surface area contributed by atoms with Gasteiger partial charge in [0.05, 0.1) is 6.10 Å². The van der Waals surface area contributed by atoms with Crippen LogP contribution in [0, 0.1) is 17.7 Å². The number of aliphatic hydroxyl groups is 2. The lowest BCUT2D eigenvalue weighted by molar-refractivity contribution is 0.173. The van der Waals surface area contributed by atoms with Gasteiger partial charge in [-0.2, -0.15) is 0 Å². The fraction of sp³-hybridized carbons (Fsp3) is 0.280. The highest BCUT2D eigenvalue weighted by Crippen LogP contribution is 2.20. The quantitative estimate of drug-likeness (QED) is 0.534. The van der Waals surface area contributed by atoms with Crippen LogP contribution in [0.1, 0.15) is 37.9 Å². The Labute approximate surface area is 181 Å². The zero-order chi connectivity index (χ0) is 21.8. The van der Waals surface area contributed by atoms with Crippen LogP contribution in [0.4, 0.5) is 10.1 Å². The van der Waals surface area contributed by atoms with Gasteiger partial charge < -0.3 is 15.1 Å². The highest BCUT2D eigenvalue weighted by molar-refractivity contribution is 7.27. The molecule has 0 aromatic heterocycles. The fourth-order valence-corrected chi connectivity index (χ4v) is 2.84. The second-order valence-corrected chi connectivity index (χ2v) is 7.56. The summed E-state index contributed by atoms with van der Waals surface area (Å²) >= 11 is 0. The molecule has 2 N–H and O–H groups in total. The standard InChI is InChI=1S/C9H10FN.C9H13OP.C7H6O/c10-8-2-4-9(5-3-8)11-6-1-7-11;1-2-9(10)7-3-5-8(11)6-4-7;8-7-5-3-1-2-4-6-7/h2-5H,1,6-7H2;3-6,9-10H,2,11H2,1H3;1,3,5,8H,2H2. The number of allylic oxidation sites excluding steroid dienone is 4. The third-order valence-electron chi connectivity index (χ3n) is 4.58. The van der Waals surface area contributed by atoms with E-state index in [9.17, 15) is 9.50 Å². The maximum absolute atomic E-state index is 12.5. The molecule has 4 rings (SSSR count). The van der Waals surface area contributed by atoms with Crippen LogP contribution >= 0.6 is 9.24 Å². The van der Waals surface area contributed by atoms with Gasteiger partial charge in [-0.15, -0.1) is 9.24 Å². The van der Waals surface area contributed by atoms with E-state index in [1.807, 2.05) is 49.4 Å². The first-order chi connectivity index (χ1) is 14.5. The van der Waals surface area contributed by atoms with Gasteiger partial charge in [0.25, 0.3) is 0 Å². The molecular weight excluding hydrogens is 396 g/mol. The van der Waals surface area contributed by atoms with Gasteiger partial charge in [0.1, 0.15) is 5.82 Å². The monoisotopic (exact) mass is 425 g/mol. The normalized spacial score (nSPS) is 14.9. The number of rotatable bonds is 3. The van der Waals surface area contributed by atoms with Crippen LogP contribution in [0.25, 0.3) is 0 Å². The van der Waals surface area contributed by atoms with E-state index < -0.39 is 0 Å². The minimum absolute atomic E-state index is 0.152. The first kappa shape index (κ1) is 23.7. The number of hydrogen-bond donors (Lipinski definition) is 2. The molecule has 1 saturated heterocycles. The molecule has 2 aromatic carbocycles. The molecule has 2 aromatic rings. The fourth-order valence-electron chi connectivity index (χ4n) is 2.65. The van der Waals surface area contributed by atoms with E-state index >= 15 is 0 Å². The van der Waals surface area contributed by atoms with Gasteiger partial charge in [0.2, 0.25) is 0 Å². The zero-order valence-corrected chi connectivity index (χ0v) is 18.4. The van der Waals surface area contributed by atoms with Crippen LogP contribution in [0.15, 0.2) is 72.5 Å². The Morgan fingerprint density at radius 2 is 1.77 bits per heavy atom. The Morgan fingerprint density at radius 1 is 1.10 bits per heavy atom. The summed E-state index contributed by atoms with van der Waals surface area (Å²) in [6.45, 7) is 4.20. The molecule has 1 heterocycles. The molecule has 1 fully saturated rings. The average molecular weight is 425 g/mol. The molecule has 1 aliphatic heterocycles. The van der Waals surface area contributed by atoms with Crippen molar-refractivity contribution in [3.05, 3.63) is 83.9 Å². The smallest absolute Gasteiger partial charge is 0.167 e. The second kappa shape index (κ2) is 12.9. The first-order valence-electron chi connectivity index (χ1n) is 10.1. The second-order valence-electron chi connectivity index (χ2n) is 6.89. The molecule has 2 aliphatic rings. The van der Waals surface area contributed by atoms with Crippen LogP contribution in [0.5, 0.6) is 0 Å². The molecule has 0 saturated carbocycles. The third-order valence-corrected chi connectivity index (χ3v) is 4.97. The Kier molecular flexibility index (Phi) is 10.1. The predicted molar refractivity (Wildman–Crippen MR) is 127 cm³/mol. The summed E-state index contributed by atoms with van der Waals surface area (Å²) in [5.41, 5.74) is 2.14. The summed E-state index contributed by atoms with van der Waals surface area (Å²) in [6, 6.07) is 14.6. The van der Waals surface area contributed by atoms with Crippen molar-refractivity contribution in [3.63, 3.8) is 0 Å². The number of anilines is 1. The Hall–Kier alpha value is -2.60. The van der Waals surface area contributed by atoms with Crippen molar-refractivity contribution in [2.75, 3.05) is 18.0 Å². The van der Waals surface area contributed by atoms with Crippen LogP contribution < -0.4 is 10.2 Å². The summed E-state index contributed by atoms with van der Waals surface area (Å²) in [5.74, 6) is 5.28. The van der Waals surface area contributed by atoms with Crippen molar-refractivity contribution in [1.82, 2.24) is 0 Å². The Bertz CT molecular complexity index is 845. The molecule has 1 aliphatic carbocycles. The van der Waals surface area contributed by atoms with E-state index in [-0.39, 0.29) is 17.7 Å². The van der Waals surface area contributed by atoms with Crippen LogP contribution in [-0.2, 0) is 0 Å². The Morgan fingerprint density at radius 3 is 2.33 bits per heavy atom. The Balaban J connectivity index is 0.000000163. The summed E-state index contributed by atoms with van der Waals surface area (Å²) in [4.78, 5) is 2.24. The summed E-state index contributed by atoms with van der Waals surface area (Å²) < 4.78 is 12.5. The van der Waals surface area contributed by atoms with Crippen LogP contribution in [-0.4, -0.2) is 23.3 Å².